The van der Waals surface area contributed by atoms with Gasteiger partial charge in [-0.1, -0.05) is 29.3 Å². The Morgan fingerprint density at radius 2 is 2.08 bits per heavy atom. The fourth-order valence-corrected chi connectivity index (χ4v) is 3.34. The first-order chi connectivity index (χ1) is 12.3. The second-order valence-corrected chi connectivity index (χ2v) is 7.16. The first kappa shape index (κ1) is 21.1. The number of hydrogen-bond acceptors (Lipinski definition) is 2. The average Bonchev–Trinajstić information content (AvgIpc) is 2.97. The number of nitrogens with one attached hydrogen (secondary N) is 2. The van der Waals surface area contributed by atoms with Crippen LogP contribution in [0.2, 0.25) is 10.0 Å². The van der Waals surface area contributed by atoms with Crippen molar-refractivity contribution in [1.29, 1.82) is 0 Å². The van der Waals surface area contributed by atoms with E-state index < -0.39 is 12.7 Å². The van der Waals surface area contributed by atoms with E-state index in [1.807, 2.05) is 13.0 Å². The molecule has 1 heterocycles. The molecule has 0 bridgehead atoms. The minimum Gasteiger partial charge on any atom is -0.357 e. The number of aliphatic imine (C=N–C) groups is 1. The molecule has 1 aromatic carbocycles. The Kier molecular flexibility index (Phi) is 7.85. The second kappa shape index (κ2) is 9.67. The summed E-state index contributed by atoms with van der Waals surface area (Å²) in [5.41, 5.74) is 0.852. The minimum absolute atomic E-state index is 0.167. The summed E-state index contributed by atoms with van der Waals surface area (Å²) in [4.78, 5) is 5.94. The van der Waals surface area contributed by atoms with Gasteiger partial charge in [-0.3, -0.25) is 4.90 Å². The maximum atomic E-state index is 12.5. The van der Waals surface area contributed by atoms with Gasteiger partial charge in [0.1, 0.15) is 0 Å². The monoisotopic (exact) mass is 410 g/mol. The van der Waals surface area contributed by atoms with Crippen molar-refractivity contribution >= 4 is 29.2 Å². The van der Waals surface area contributed by atoms with Crippen molar-refractivity contribution in [2.45, 2.75) is 26.1 Å². The topological polar surface area (TPSA) is 39.7 Å². The van der Waals surface area contributed by atoms with Gasteiger partial charge in [0.15, 0.2) is 5.96 Å². The fourth-order valence-electron chi connectivity index (χ4n) is 2.87. The Hall–Kier alpha value is -1.18. The maximum Gasteiger partial charge on any atom is 0.401 e. The van der Waals surface area contributed by atoms with E-state index in [4.69, 9.17) is 23.2 Å². The SMILES string of the molecule is CCNC(=NCc1ccc(Cl)cc1Cl)NCC1CCN(CC(F)(F)F)C1. The number of guanidine groups is 1. The lowest BCUT2D eigenvalue weighted by Gasteiger charge is -2.18. The molecule has 0 spiro atoms. The van der Waals surface area contributed by atoms with Crippen LogP contribution in [0.4, 0.5) is 13.2 Å². The molecule has 1 fully saturated rings. The van der Waals surface area contributed by atoms with Crippen LogP contribution < -0.4 is 10.6 Å². The predicted molar refractivity (Wildman–Crippen MR) is 99.9 cm³/mol. The Balaban J connectivity index is 1.86. The lowest BCUT2D eigenvalue weighted by molar-refractivity contribution is -0.143. The zero-order chi connectivity index (χ0) is 19.2. The normalized spacial score (nSPS) is 19.0. The molecule has 1 atom stereocenters. The highest BCUT2D eigenvalue weighted by atomic mass is 35.5. The van der Waals surface area contributed by atoms with Crippen LogP contribution >= 0.6 is 23.2 Å². The van der Waals surface area contributed by atoms with Gasteiger partial charge in [-0.25, -0.2) is 4.99 Å². The van der Waals surface area contributed by atoms with Crippen molar-refractivity contribution in [3.05, 3.63) is 33.8 Å². The quantitative estimate of drug-likeness (QED) is 0.551. The van der Waals surface area contributed by atoms with E-state index in [1.165, 1.54) is 4.90 Å². The Morgan fingerprint density at radius 1 is 1.31 bits per heavy atom. The van der Waals surface area contributed by atoms with Crippen molar-refractivity contribution in [2.75, 3.05) is 32.7 Å². The summed E-state index contributed by atoms with van der Waals surface area (Å²) < 4.78 is 37.4. The van der Waals surface area contributed by atoms with Gasteiger partial charge in [-0.2, -0.15) is 13.2 Å². The maximum absolute atomic E-state index is 12.5. The third kappa shape index (κ3) is 7.21. The van der Waals surface area contributed by atoms with Crippen molar-refractivity contribution in [1.82, 2.24) is 15.5 Å². The molecule has 4 nitrogen and oxygen atoms in total. The van der Waals surface area contributed by atoms with Crippen LogP contribution in [0, 0.1) is 5.92 Å². The van der Waals surface area contributed by atoms with Gasteiger partial charge in [0, 0.05) is 29.7 Å². The smallest absolute Gasteiger partial charge is 0.357 e. The molecule has 0 aromatic heterocycles. The fraction of sp³-hybridized carbons (Fsp3) is 0.588. The highest BCUT2D eigenvalue weighted by molar-refractivity contribution is 6.35. The van der Waals surface area contributed by atoms with E-state index in [9.17, 15) is 13.2 Å². The molecule has 1 saturated heterocycles. The highest BCUT2D eigenvalue weighted by Gasteiger charge is 2.34. The minimum atomic E-state index is -4.14. The lowest BCUT2D eigenvalue weighted by atomic mass is 10.1. The Bertz CT molecular complexity index is 623. The lowest BCUT2D eigenvalue weighted by Crippen LogP contribution is -2.40. The first-order valence-electron chi connectivity index (χ1n) is 8.52. The van der Waals surface area contributed by atoms with Crippen LogP contribution in [0.15, 0.2) is 23.2 Å². The molecule has 0 aliphatic carbocycles. The number of rotatable bonds is 6. The molecule has 1 aromatic rings. The summed E-state index contributed by atoms with van der Waals surface area (Å²) >= 11 is 12.0. The van der Waals surface area contributed by atoms with Gasteiger partial charge in [0.25, 0.3) is 0 Å². The third-order valence-corrected chi connectivity index (χ3v) is 4.68. The first-order valence-corrected chi connectivity index (χ1v) is 9.27. The molecular formula is C17H23Cl2F3N4. The number of likely N-dealkylation sites (tertiary alicyclic amines) is 1. The molecule has 0 amide bonds. The zero-order valence-corrected chi connectivity index (χ0v) is 16.1. The summed E-state index contributed by atoms with van der Waals surface area (Å²) in [5.74, 6) is 0.785. The number of nitrogens with zero attached hydrogens (tertiary/aromatic N) is 2. The Morgan fingerprint density at radius 3 is 2.73 bits per heavy atom. The van der Waals surface area contributed by atoms with Crippen molar-refractivity contribution < 1.29 is 13.2 Å². The van der Waals surface area contributed by atoms with E-state index in [0.717, 1.165) is 12.0 Å². The molecule has 1 aliphatic rings. The Labute approximate surface area is 161 Å². The number of alkyl halides is 3. The van der Waals surface area contributed by atoms with Gasteiger partial charge in [0.2, 0.25) is 0 Å². The molecule has 146 valence electrons. The van der Waals surface area contributed by atoms with Gasteiger partial charge < -0.3 is 10.6 Å². The van der Waals surface area contributed by atoms with E-state index in [1.54, 1.807) is 12.1 Å². The molecule has 9 heteroatoms. The van der Waals surface area contributed by atoms with E-state index in [0.29, 0.717) is 48.7 Å². The molecule has 2 rings (SSSR count). The second-order valence-electron chi connectivity index (χ2n) is 6.32. The van der Waals surface area contributed by atoms with Crippen LogP contribution in [0.1, 0.15) is 18.9 Å². The van der Waals surface area contributed by atoms with Crippen molar-refractivity contribution in [3.63, 3.8) is 0 Å². The standard InChI is InChI=1S/C17H23Cl2F3N4/c1-2-23-16(25-9-13-3-4-14(18)7-15(13)19)24-8-12-5-6-26(10-12)11-17(20,21)22/h3-4,7,12H,2,5-6,8-11H2,1H3,(H2,23,24,25). The van der Waals surface area contributed by atoms with Crippen LogP contribution in [0.25, 0.3) is 0 Å². The summed E-state index contributed by atoms with van der Waals surface area (Å²) in [7, 11) is 0. The predicted octanol–water partition coefficient (Wildman–Crippen LogP) is 3.93. The average molecular weight is 411 g/mol. The summed E-state index contributed by atoms with van der Waals surface area (Å²) in [6, 6.07) is 5.25. The molecular weight excluding hydrogens is 388 g/mol. The van der Waals surface area contributed by atoms with Gasteiger partial charge >= 0.3 is 6.18 Å². The third-order valence-electron chi connectivity index (χ3n) is 4.10. The van der Waals surface area contributed by atoms with Crippen LogP contribution in [-0.4, -0.2) is 49.8 Å². The van der Waals surface area contributed by atoms with E-state index in [2.05, 4.69) is 15.6 Å². The van der Waals surface area contributed by atoms with Gasteiger partial charge in [-0.05, 0) is 43.5 Å². The molecule has 0 radical (unpaired) electrons. The summed E-state index contributed by atoms with van der Waals surface area (Å²) in [6.45, 7) is 3.67. The molecule has 1 aliphatic heterocycles. The number of benzene rings is 1. The zero-order valence-electron chi connectivity index (χ0n) is 14.5. The van der Waals surface area contributed by atoms with Gasteiger partial charge in [0.05, 0.1) is 13.1 Å². The molecule has 2 N–H and O–H groups in total. The molecule has 0 saturated carbocycles. The van der Waals surface area contributed by atoms with Gasteiger partial charge in [-0.15, -0.1) is 0 Å². The highest BCUT2D eigenvalue weighted by Crippen LogP contribution is 2.23. The summed E-state index contributed by atoms with van der Waals surface area (Å²) in [6.07, 6.45) is -3.40. The van der Waals surface area contributed by atoms with Crippen molar-refractivity contribution in [3.8, 4) is 0 Å². The summed E-state index contributed by atoms with van der Waals surface area (Å²) in [5, 5.41) is 7.46. The molecule has 26 heavy (non-hydrogen) atoms. The van der Waals surface area contributed by atoms with Crippen molar-refractivity contribution in [2.24, 2.45) is 10.9 Å². The van der Waals surface area contributed by atoms with E-state index >= 15 is 0 Å². The molecule has 1 unspecified atom stereocenters. The number of hydrogen-bond donors (Lipinski definition) is 2. The largest absolute Gasteiger partial charge is 0.401 e. The number of halogens is 5. The van der Waals surface area contributed by atoms with Crippen LogP contribution in [0.5, 0.6) is 0 Å². The van der Waals surface area contributed by atoms with E-state index in [-0.39, 0.29) is 5.92 Å². The van der Waals surface area contributed by atoms with Crippen LogP contribution in [0.3, 0.4) is 0 Å². The van der Waals surface area contributed by atoms with Crippen LogP contribution in [-0.2, 0) is 6.54 Å².